The van der Waals surface area contributed by atoms with E-state index in [9.17, 15) is 4.79 Å². The maximum absolute atomic E-state index is 12.6. The molecule has 0 atom stereocenters. The fraction of sp³-hybridized carbons (Fsp3) is 0.474. The zero-order valence-corrected chi connectivity index (χ0v) is 14.0. The molecular weight excluding hydrogens is 302 g/mol. The number of methoxy groups -OCH3 is 1. The fourth-order valence-electron chi connectivity index (χ4n) is 3.54. The van der Waals surface area contributed by atoms with Crippen LogP contribution in [-0.2, 0) is 4.79 Å². The van der Waals surface area contributed by atoms with Gasteiger partial charge in [-0.05, 0) is 37.8 Å². The van der Waals surface area contributed by atoms with Crippen molar-refractivity contribution in [3.8, 4) is 17.0 Å². The molecule has 2 aliphatic carbocycles. The van der Waals surface area contributed by atoms with Crippen LogP contribution < -0.4 is 10.1 Å². The number of H-pyrrole nitrogens is 1. The molecule has 0 unspecified atom stereocenters. The number of amides is 1. The Morgan fingerprint density at radius 2 is 2.04 bits per heavy atom. The Morgan fingerprint density at radius 3 is 2.75 bits per heavy atom. The van der Waals surface area contributed by atoms with Gasteiger partial charge in [0.25, 0.3) is 0 Å². The summed E-state index contributed by atoms with van der Waals surface area (Å²) in [6, 6.07) is 7.82. The molecule has 0 bridgehead atoms. The van der Waals surface area contributed by atoms with E-state index in [1.807, 2.05) is 24.3 Å². The fourth-order valence-corrected chi connectivity index (χ4v) is 3.54. The van der Waals surface area contributed by atoms with Gasteiger partial charge < -0.3 is 10.1 Å². The van der Waals surface area contributed by atoms with E-state index in [4.69, 9.17) is 4.74 Å². The average molecular weight is 325 g/mol. The predicted molar refractivity (Wildman–Crippen MR) is 93.1 cm³/mol. The molecule has 1 heterocycles. The van der Waals surface area contributed by atoms with Gasteiger partial charge in [0, 0.05) is 17.4 Å². The summed E-state index contributed by atoms with van der Waals surface area (Å²) in [6.45, 7) is 0. The lowest BCUT2D eigenvalue weighted by molar-refractivity contribution is -0.119. The number of benzene rings is 1. The van der Waals surface area contributed by atoms with Gasteiger partial charge in [0.2, 0.25) is 5.91 Å². The zero-order chi connectivity index (χ0) is 16.5. The zero-order valence-electron chi connectivity index (χ0n) is 14.0. The van der Waals surface area contributed by atoms with Crippen LogP contribution in [0.15, 0.2) is 24.3 Å². The molecule has 1 aromatic heterocycles. The first kappa shape index (κ1) is 15.2. The lowest BCUT2D eigenvalue weighted by atomic mass is 10.1. The highest BCUT2D eigenvalue weighted by Crippen LogP contribution is 2.45. The van der Waals surface area contributed by atoms with E-state index < -0.39 is 0 Å². The van der Waals surface area contributed by atoms with Gasteiger partial charge in [-0.1, -0.05) is 25.0 Å². The molecule has 5 nitrogen and oxygen atoms in total. The number of aromatic amines is 1. The highest BCUT2D eigenvalue weighted by Gasteiger charge is 2.32. The summed E-state index contributed by atoms with van der Waals surface area (Å²) in [6.07, 6.45) is 6.62. The molecule has 5 heteroatoms. The molecule has 2 N–H and O–H groups in total. The molecule has 2 aliphatic rings. The van der Waals surface area contributed by atoms with Crippen molar-refractivity contribution in [2.45, 2.75) is 44.4 Å². The normalized spacial score (nSPS) is 17.9. The van der Waals surface area contributed by atoms with Crippen LogP contribution in [0.1, 0.15) is 50.1 Å². The van der Waals surface area contributed by atoms with Crippen LogP contribution in [-0.4, -0.2) is 23.2 Å². The number of ether oxygens (including phenoxy) is 1. The minimum atomic E-state index is 0.139. The lowest BCUT2D eigenvalue weighted by Crippen LogP contribution is -2.21. The van der Waals surface area contributed by atoms with Crippen LogP contribution in [0.5, 0.6) is 5.75 Å². The predicted octanol–water partition coefficient (Wildman–Crippen LogP) is 4.09. The maximum atomic E-state index is 12.6. The summed E-state index contributed by atoms with van der Waals surface area (Å²) in [5, 5.41) is 10.9. The highest BCUT2D eigenvalue weighted by atomic mass is 16.5. The largest absolute Gasteiger partial charge is 0.497 e. The van der Waals surface area contributed by atoms with Gasteiger partial charge >= 0.3 is 0 Å². The van der Waals surface area contributed by atoms with Gasteiger partial charge in [-0.3, -0.25) is 9.89 Å². The molecule has 1 aromatic carbocycles. The minimum absolute atomic E-state index is 0.139. The third kappa shape index (κ3) is 2.90. The van der Waals surface area contributed by atoms with Crippen molar-refractivity contribution in [1.82, 2.24) is 10.2 Å². The summed E-state index contributed by atoms with van der Waals surface area (Å²) in [5.74, 6) is 1.57. The molecule has 126 valence electrons. The van der Waals surface area contributed by atoms with Gasteiger partial charge in [0.05, 0.1) is 18.5 Å². The van der Waals surface area contributed by atoms with E-state index >= 15 is 0 Å². The standard InChI is InChI=1S/C19H23N3O2/c1-24-15-8-4-7-14(11-15)17-18(16(21-22-17)12-9-10-12)20-19(23)13-5-2-3-6-13/h4,7-8,11-13H,2-3,5-6,9-10H2,1H3,(H,20,23)(H,21,22). The molecule has 0 aliphatic heterocycles. The first-order valence-corrected chi connectivity index (χ1v) is 8.80. The van der Waals surface area contributed by atoms with Gasteiger partial charge in [-0.2, -0.15) is 5.10 Å². The van der Waals surface area contributed by atoms with Gasteiger partial charge in [0.1, 0.15) is 11.4 Å². The number of carbonyl (C=O) groups excluding carboxylic acids is 1. The van der Waals surface area contributed by atoms with E-state index in [2.05, 4.69) is 15.5 Å². The van der Waals surface area contributed by atoms with Crippen LogP contribution in [0.3, 0.4) is 0 Å². The molecular formula is C19H23N3O2. The van der Waals surface area contributed by atoms with Gasteiger partial charge in [-0.25, -0.2) is 0 Å². The summed E-state index contributed by atoms with van der Waals surface area (Å²) in [5.41, 5.74) is 3.70. The number of hydrogen-bond acceptors (Lipinski definition) is 3. The number of nitrogens with one attached hydrogen (secondary N) is 2. The molecule has 4 rings (SSSR count). The van der Waals surface area contributed by atoms with Crippen LogP contribution in [0, 0.1) is 5.92 Å². The molecule has 0 saturated heterocycles. The van der Waals surface area contributed by atoms with Gasteiger partial charge in [0.15, 0.2) is 0 Å². The second-order valence-electron chi connectivity index (χ2n) is 6.84. The summed E-state index contributed by atoms with van der Waals surface area (Å²) in [4.78, 5) is 12.6. The van der Waals surface area contributed by atoms with Crippen molar-refractivity contribution in [3.63, 3.8) is 0 Å². The van der Waals surface area contributed by atoms with Crippen LogP contribution in [0.4, 0.5) is 5.69 Å². The number of rotatable bonds is 5. The van der Waals surface area contributed by atoms with Crippen molar-refractivity contribution in [2.24, 2.45) is 5.92 Å². The van der Waals surface area contributed by atoms with E-state index in [0.717, 1.165) is 66.9 Å². The summed E-state index contributed by atoms with van der Waals surface area (Å²) in [7, 11) is 1.65. The number of nitrogens with zero attached hydrogens (tertiary/aromatic N) is 1. The van der Waals surface area contributed by atoms with E-state index in [1.165, 1.54) is 0 Å². The van der Waals surface area contributed by atoms with Crippen LogP contribution >= 0.6 is 0 Å². The monoisotopic (exact) mass is 325 g/mol. The maximum Gasteiger partial charge on any atom is 0.227 e. The van der Waals surface area contributed by atoms with Gasteiger partial charge in [-0.15, -0.1) is 0 Å². The molecule has 24 heavy (non-hydrogen) atoms. The first-order chi connectivity index (χ1) is 11.8. The Bertz CT molecular complexity index is 743. The quantitative estimate of drug-likeness (QED) is 0.870. The number of carbonyl (C=O) groups is 1. The number of aromatic nitrogens is 2. The first-order valence-electron chi connectivity index (χ1n) is 8.80. The molecule has 1 amide bonds. The second-order valence-corrected chi connectivity index (χ2v) is 6.84. The van der Waals surface area contributed by atoms with Crippen molar-refractivity contribution in [1.29, 1.82) is 0 Å². The Balaban J connectivity index is 1.67. The van der Waals surface area contributed by atoms with E-state index in [0.29, 0.717) is 5.92 Å². The van der Waals surface area contributed by atoms with Crippen molar-refractivity contribution < 1.29 is 9.53 Å². The van der Waals surface area contributed by atoms with Crippen molar-refractivity contribution in [3.05, 3.63) is 30.0 Å². The van der Waals surface area contributed by atoms with Crippen LogP contribution in [0.2, 0.25) is 0 Å². The third-order valence-electron chi connectivity index (χ3n) is 5.10. The van der Waals surface area contributed by atoms with Crippen molar-refractivity contribution >= 4 is 11.6 Å². The Labute approximate surface area is 141 Å². The molecule has 2 fully saturated rings. The van der Waals surface area contributed by atoms with Crippen molar-refractivity contribution in [2.75, 3.05) is 12.4 Å². The number of hydrogen-bond donors (Lipinski definition) is 2. The van der Waals surface area contributed by atoms with E-state index in [-0.39, 0.29) is 11.8 Å². The van der Waals surface area contributed by atoms with E-state index in [1.54, 1.807) is 7.11 Å². The Kier molecular flexibility index (Phi) is 4.00. The molecule has 2 aromatic rings. The minimum Gasteiger partial charge on any atom is -0.497 e. The smallest absolute Gasteiger partial charge is 0.227 e. The molecule has 2 saturated carbocycles. The topological polar surface area (TPSA) is 67.0 Å². The Morgan fingerprint density at radius 1 is 1.25 bits per heavy atom. The lowest BCUT2D eigenvalue weighted by Gasteiger charge is -2.12. The molecule has 0 spiro atoms. The summed E-state index contributed by atoms with van der Waals surface area (Å²) >= 11 is 0. The van der Waals surface area contributed by atoms with Crippen LogP contribution in [0.25, 0.3) is 11.3 Å². The summed E-state index contributed by atoms with van der Waals surface area (Å²) < 4.78 is 5.32. The second kappa shape index (κ2) is 6.30. The average Bonchev–Trinajstić information content (AvgIpc) is 3.13. The third-order valence-corrected chi connectivity index (χ3v) is 5.10. The number of anilines is 1. The highest BCUT2D eigenvalue weighted by molar-refractivity contribution is 5.97. The molecule has 0 radical (unpaired) electrons. The SMILES string of the molecule is COc1cccc(-c2n[nH]c(C3CC3)c2NC(=O)C2CCCC2)c1. The Hall–Kier alpha value is -2.30.